The van der Waals surface area contributed by atoms with E-state index in [0.717, 1.165) is 10.7 Å². The lowest BCUT2D eigenvalue weighted by molar-refractivity contribution is -0.141. The molecule has 0 atom stereocenters. The number of nitrogens with zero attached hydrogens (tertiary/aromatic N) is 2. The molecule has 1 N–H and O–H groups in total. The first-order chi connectivity index (χ1) is 12.8. The highest BCUT2D eigenvalue weighted by atomic mass is 32.2. The molecule has 6 nitrogen and oxygen atoms in total. The van der Waals surface area contributed by atoms with Crippen molar-refractivity contribution in [1.29, 1.82) is 0 Å². The van der Waals surface area contributed by atoms with E-state index in [0.29, 0.717) is 22.7 Å². The van der Waals surface area contributed by atoms with Gasteiger partial charge in [-0.15, -0.1) is 0 Å². The van der Waals surface area contributed by atoms with Crippen molar-refractivity contribution in [3.8, 4) is 22.7 Å². The third kappa shape index (κ3) is 4.22. The topological polar surface area (TPSA) is 73.2 Å². The Labute approximate surface area is 154 Å². The summed E-state index contributed by atoms with van der Waals surface area (Å²) >= 11 is 0. The van der Waals surface area contributed by atoms with E-state index in [2.05, 4.69) is 9.82 Å². The van der Waals surface area contributed by atoms with Crippen LogP contribution in [0.1, 0.15) is 5.69 Å². The van der Waals surface area contributed by atoms with E-state index in [4.69, 9.17) is 4.74 Å². The molecular weight excluding hydrogens is 383 g/mol. The second kappa shape index (κ2) is 7.31. The lowest BCUT2D eigenvalue weighted by Crippen LogP contribution is -2.07. The Kier molecular flexibility index (Phi) is 5.08. The maximum atomic E-state index is 13.2. The van der Waals surface area contributed by atoms with Crippen LogP contribution < -0.4 is 9.46 Å². The zero-order chi connectivity index (χ0) is 19.6. The van der Waals surface area contributed by atoms with Gasteiger partial charge in [0.15, 0.2) is 5.69 Å². The molecule has 142 valence electrons. The van der Waals surface area contributed by atoms with E-state index in [-0.39, 0.29) is 5.69 Å². The monoisotopic (exact) mass is 397 g/mol. The standard InChI is InChI=1S/C17H14F3N3O3S/c1-26-14-8-2-11(3-9-14)15-10-16(17(18,19)20)21-23(15)13-6-4-12(5-7-13)22-27(24)25/h2-10,27H,1H3,(H,22,24,25). The number of thiol groups is 1. The first-order valence-electron chi connectivity index (χ1n) is 7.61. The summed E-state index contributed by atoms with van der Waals surface area (Å²) < 4.78 is 69.3. The van der Waals surface area contributed by atoms with Crippen LogP contribution in [0, 0.1) is 0 Å². The Balaban J connectivity index is 2.08. The number of anilines is 1. The van der Waals surface area contributed by atoms with Gasteiger partial charge in [-0.05, 0) is 54.6 Å². The number of methoxy groups -OCH3 is 1. The Morgan fingerprint density at radius 3 is 2.19 bits per heavy atom. The molecule has 2 aromatic carbocycles. The van der Waals surface area contributed by atoms with Crippen molar-refractivity contribution in [2.75, 3.05) is 11.8 Å². The summed E-state index contributed by atoms with van der Waals surface area (Å²) in [6.45, 7) is 0. The van der Waals surface area contributed by atoms with Gasteiger partial charge in [-0.1, -0.05) is 0 Å². The molecule has 0 unspecified atom stereocenters. The second-order valence-electron chi connectivity index (χ2n) is 5.47. The molecule has 10 heteroatoms. The lowest BCUT2D eigenvalue weighted by atomic mass is 10.1. The molecule has 3 rings (SSSR count). The number of rotatable bonds is 5. The maximum Gasteiger partial charge on any atom is 0.435 e. The summed E-state index contributed by atoms with van der Waals surface area (Å²) in [5.74, 6) is 0.572. The zero-order valence-electron chi connectivity index (χ0n) is 13.9. The molecule has 0 bridgehead atoms. The molecule has 27 heavy (non-hydrogen) atoms. The average Bonchev–Trinajstić information content (AvgIpc) is 3.08. The van der Waals surface area contributed by atoms with Crippen LogP contribution in [-0.4, -0.2) is 25.3 Å². The maximum absolute atomic E-state index is 13.2. The van der Waals surface area contributed by atoms with Gasteiger partial charge in [0, 0.05) is 11.3 Å². The van der Waals surface area contributed by atoms with Gasteiger partial charge < -0.3 is 4.74 Å². The van der Waals surface area contributed by atoms with E-state index in [9.17, 15) is 21.6 Å². The molecule has 0 fully saturated rings. The van der Waals surface area contributed by atoms with Crippen molar-refractivity contribution in [1.82, 2.24) is 9.78 Å². The van der Waals surface area contributed by atoms with E-state index in [1.807, 2.05) is 0 Å². The number of ether oxygens (including phenoxy) is 1. The van der Waals surface area contributed by atoms with Crippen LogP contribution in [0.15, 0.2) is 54.6 Å². The molecule has 0 spiro atoms. The van der Waals surface area contributed by atoms with E-state index in [1.165, 1.54) is 31.4 Å². The Hall–Kier alpha value is -3.01. The largest absolute Gasteiger partial charge is 0.497 e. The predicted molar refractivity (Wildman–Crippen MR) is 94.5 cm³/mol. The zero-order valence-corrected chi connectivity index (χ0v) is 14.8. The van der Waals surface area contributed by atoms with Crippen molar-refractivity contribution in [3.63, 3.8) is 0 Å². The second-order valence-corrected chi connectivity index (χ2v) is 6.21. The molecule has 0 amide bonds. The van der Waals surface area contributed by atoms with Crippen molar-refractivity contribution < 1.29 is 26.3 Å². The van der Waals surface area contributed by atoms with Gasteiger partial charge in [0.2, 0.25) is 10.9 Å². The molecular formula is C17H14F3N3O3S. The average molecular weight is 397 g/mol. The molecule has 0 aliphatic carbocycles. The number of benzene rings is 2. The van der Waals surface area contributed by atoms with Crippen molar-refractivity contribution in [2.24, 2.45) is 0 Å². The van der Waals surface area contributed by atoms with E-state index in [1.54, 1.807) is 24.3 Å². The van der Waals surface area contributed by atoms with Gasteiger partial charge in [0.25, 0.3) is 0 Å². The number of nitrogens with one attached hydrogen (secondary N) is 1. The Bertz CT molecular complexity index is 1000. The minimum Gasteiger partial charge on any atom is -0.497 e. The lowest BCUT2D eigenvalue weighted by Gasteiger charge is -2.09. The summed E-state index contributed by atoms with van der Waals surface area (Å²) in [6, 6.07) is 13.3. The van der Waals surface area contributed by atoms with Gasteiger partial charge in [-0.3, -0.25) is 4.72 Å². The fraction of sp³-hybridized carbons (Fsp3) is 0.118. The fourth-order valence-electron chi connectivity index (χ4n) is 2.47. The van der Waals surface area contributed by atoms with Crippen LogP contribution in [0.2, 0.25) is 0 Å². The smallest absolute Gasteiger partial charge is 0.435 e. The van der Waals surface area contributed by atoms with Gasteiger partial charge >= 0.3 is 6.18 Å². The van der Waals surface area contributed by atoms with Gasteiger partial charge in [0.05, 0.1) is 18.5 Å². The van der Waals surface area contributed by atoms with Crippen LogP contribution in [-0.2, 0) is 17.1 Å². The highest BCUT2D eigenvalue weighted by Gasteiger charge is 2.35. The first-order valence-corrected chi connectivity index (χ1v) is 8.79. The quantitative estimate of drug-likeness (QED) is 0.647. The van der Waals surface area contributed by atoms with Crippen LogP contribution in [0.3, 0.4) is 0 Å². The predicted octanol–water partition coefficient (Wildman–Crippen LogP) is 3.51. The Morgan fingerprint density at radius 1 is 1.04 bits per heavy atom. The highest BCUT2D eigenvalue weighted by Crippen LogP contribution is 2.33. The van der Waals surface area contributed by atoms with Crippen LogP contribution in [0.25, 0.3) is 16.9 Å². The third-order valence-corrected chi connectivity index (χ3v) is 4.16. The number of aromatic nitrogens is 2. The van der Waals surface area contributed by atoms with Gasteiger partial charge in [-0.2, -0.15) is 18.3 Å². The highest BCUT2D eigenvalue weighted by molar-refractivity contribution is 7.73. The number of hydrogen-bond acceptors (Lipinski definition) is 4. The minimum absolute atomic E-state index is 0.237. The summed E-state index contributed by atoms with van der Waals surface area (Å²) in [7, 11) is -1.34. The summed E-state index contributed by atoms with van der Waals surface area (Å²) in [5.41, 5.74) is 0.370. The molecule has 0 saturated carbocycles. The van der Waals surface area contributed by atoms with Crippen molar-refractivity contribution in [2.45, 2.75) is 6.18 Å². The Morgan fingerprint density at radius 2 is 1.67 bits per heavy atom. The van der Waals surface area contributed by atoms with Gasteiger partial charge in [-0.25, -0.2) is 13.1 Å². The molecule has 1 aromatic heterocycles. The third-order valence-electron chi connectivity index (χ3n) is 3.72. The van der Waals surface area contributed by atoms with Crippen molar-refractivity contribution in [3.05, 3.63) is 60.3 Å². The van der Waals surface area contributed by atoms with E-state index >= 15 is 0 Å². The van der Waals surface area contributed by atoms with Crippen molar-refractivity contribution >= 4 is 16.6 Å². The molecule has 3 aromatic rings. The SMILES string of the molecule is COc1ccc(-c2cc(C(F)(F)F)nn2-c2ccc(N[SH](=O)=O)cc2)cc1. The molecule has 1 heterocycles. The minimum atomic E-state index is -4.60. The summed E-state index contributed by atoms with van der Waals surface area (Å²) in [6.07, 6.45) is -4.60. The van der Waals surface area contributed by atoms with E-state index < -0.39 is 22.8 Å². The first kappa shape index (κ1) is 18.8. The number of hydrogen-bond donors (Lipinski definition) is 2. The molecule has 0 aliphatic rings. The molecule has 0 aliphatic heterocycles. The number of alkyl halides is 3. The molecule has 0 saturated heterocycles. The van der Waals surface area contributed by atoms with Crippen LogP contribution in [0.4, 0.5) is 18.9 Å². The summed E-state index contributed by atoms with van der Waals surface area (Å²) in [5, 5.41) is 3.68. The van der Waals surface area contributed by atoms with Crippen LogP contribution >= 0.6 is 0 Å². The van der Waals surface area contributed by atoms with Gasteiger partial charge in [0.1, 0.15) is 5.75 Å². The normalized spacial score (nSPS) is 11.6. The fourth-order valence-corrected chi connectivity index (χ4v) is 2.83. The number of halogens is 3. The summed E-state index contributed by atoms with van der Waals surface area (Å²) in [4.78, 5) is 0. The van der Waals surface area contributed by atoms with Crippen LogP contribution in [0.5, 0.6) is 5.75 Å². The molecule has 0 radical (unpaired) electrons.